The Kier molecular flexibility index (Phi) is 6.07. The molecular weight excluding hydrogens is 407 g/mol. The summed E-state index contributed by atoms with van der Waals surface area (Å²) in [6.45, 7) is -0.198. The lowest BCUT2D eigenvalue weighted by Crippen LogP contribution is -2.28. The number of aliphatic hydroxyl groups excluding tert-OH is 1. The van der Waals surface area contributed by atoms with Gasteiger partial charge in [0, 0.05) is 13.6 Å². The Hall–Kier alpha value is -2.07. The summed E-state index contributed by atoms with van der Waals surface area (Å²) in [5.41, 5.74) is -0.784. The topological polar surface area (TPSA) is 76.4 Å². The second-order valence-electron chi connectivity index (χ2n) is 5.17. The predicted octanol–water partition coefficient (Wildman–Crippen LogP) is 2.41. The fourth-order valence-corrected chi connectivity index (χ4v) is 2.37. The number of hydrogen-bond acceptors (Lipinski definition) is 5. The van der Waals surface area contributed by atoms with Crippen LogP contribution in [-0.2, 0) is 13.2 Å². The maximum atomic E-state index is 12.6. The Morgan fingerprint density at radius 2 is 2.16 bits per heavy atom. The normalized spacial score (nSPS) is 12.7. The van der Waals surface area contributed by atoms with Gasteiger partial charge in [-0.05, 0) is 34.1 Å². The quantitative estimate of drug-likeness (QED) is 0.748. The van der Waals surface area contributed by atoms with Crippen molar-refractivity contribution in [2.75, 3.05) is 18.5 Å². The second kappa shape index (κ2) is 7.87. The van der Waals surface area contributed by atoms with E-state index in [0.29, 0.717) is 5.69 Å². The standard InChI is InChI=1S/C15H15BrF3N3O3/c1-22-14(24)13(16)12(7-21-22)20-6-10(23)8-25-11-4-2-3-9(5-11)15(17,18)19/h2-5,7,10,20,23H,6,8H2,1H3. The van der Waals surface area contributed by atoms with Crippen LogP contribution in [0.1, 0.15) is 5.56 Å². The van der Waals surface area contributed by atoms with E-state index in [9.17, 15) is 23.1 Å². The van der Waals surface area contributed by atoms with Crippen LogP contribution in [0, 0.1) is 0 Å². The number of aryl methyl sites for hydroxylation is 1. The molecule has 136 valence electrons. The van der Waals surface area contributed by atoms with E-state index in [1.54, 1.807) is 0 Å². The minimum Gasteiger partial charge on any atom is -0.491 e. The third-order valence-electron chi connectivity index (χ3n) is 3.21. The number of nitrogens with one attached hydrogen (secondary N) is 1. The SMILES string of the molecule is Cn1ncc(NCC(O)COc2cccc(C(F)(F)F)c2)c(Br)c1=O. The number of halogens is 4. The lowest BCUT2D eigenvalue weighted by Gasteiger charge is -2.15. The number of rotatable bonds is 6. The first kappa shape index (κ1) is 19.3. The largest absolute Gasteiger partial charge is 0.491 e. The van der Waals surface area contributed by atoms with Gasteiger partial charge in [-0.2, -0.15) is 18.3 Å². The molecule has 6 nitrogen and oxygen atoms in total. The zero-order chi connectivity index (χ0) is 18.6. The zero-order valence-corrected chi connectivity index (χ0v) is 14.6. The highest BCUT2D eigenvalue weighted by molar-refractivity contribution is 9.10. The summed E-state index contributed by atoms with van der Waals surface area (Å²) < 4.78 is 44.4. The number of ether oxygens (including phenoxy) is 1. The zero-order valence-electron chi connectivity index (χ0n) is 13.0. The molecular formula is C15H15BrF3N3O3. The van der Waals surface area contributed by atoms with Gasteiger partial charge in [0.05, 0.1) is 17.4 Å². The molecule has 0 amide bonds. The van der Waals surface area contributed by atoms with Crippen LogP contribution in [0.25, 0.3) is 0 Å². The lowest BCUT2D eigenvalue weighted by atomic mass is 10.2. The summed E-state index contributed by atoms with van der Waals surface area (Å²) in [5.74, 6) is 0.00491. The third kappa shape index (κ3) is 5.20. The van der Waals surface area contributed by atoms with E-state index >= 15 is 0 Å². The molecule has 1 unspecified atom stereocenters. The molecule has 1 aromatic heterocycles. The van der Waals surface area contributed by atoms with Gasteiger partial charge >= 0.3 is 6.18 Å². The summed E-state index contributed by atoms with van der Waals surface area (Å²) in [6.07, 6.45) is -4.06. The average molecular weight is 422 g/mol. The minimum absolute atomic E-state index is 0.00491. The van der Waals surface area contributed by atoms with Crippen molar-refractivity contribution in [1.82, 2.24) is 9.78 Å². The highest BCUT2D eigenvalue weighted by Crippen LogP contribution is 2.31. The molecule has 10 heteroatoms. The molecule has 0 radical (unpaired) electrons. The predicted molar refractivity (Wildman–Crippen MR) is 88.6 cm³/mol. The molecule has 0 aliphatic heterocycles. The Balaban J connectivity index is 1.90. The van der Waals surface area contributed by atoms with E-state index in [1.165, 1.54) is 25.4 Å². The van der Waals surface area contributed by atoms with Crippen molar-refractivity contribution in [3.8, 4) is 5.75 Å². The van der Waals surface area contributed by atoms with Gasteiger partial charge in [-0.15, -0.1) is 0 Å². The smallest absolute Gasteiger partial charge is 0.416 e. The van der Waals surface area contributed by atoms with E-state index in [4.69, 9.17) is 4.74 Å². The number of aliphatic hydroxyl groups is 1. The molecule has 0 bridgehead atoms. The minimum atomic E-state index is -4.46. The molecule has 2 rings (SSSR count). The number of hydrogen-bond donors (Lipinski definition) is 2. The highest BCUT2D eigenvalue weighted by atomic mass is 79.9. The maximum Gasteiger partial charge on any atom is 0.416 e. The molecule has 0 aliphatic carbocycles. The van der Waals surface area contributed by atoms with E-state index in [-0.39, 0.29) is 28.9 Å². The van der Waals surface area contributed by atoms with Gasteiger partial charge in [-0.25, -0.2) is 4.68 Å². The van der Waals surface area contributed by atoms with Crippen molar-refractivity contribution >= 4 is 21.6 Å². The molecule has 0 saturated carbocycles. The monoisotopic (exact) mass is 421 g/mol. The Morgan fingerprint density at radius 1 is 1.44 bits per heavy atom. The molecule has 0 fully saturated rings. The molecule has 0 spiro atoms. The van der Waals surface area contributed by atoms with Crippen LogP contribution in [-0.4, -0.2) is 34.1 Å². The number of benzene rings is 1. The summed E-state index contributed by atoms with van der Waals surface area (Å²) in [6, 6.07) is 4.40. The lowest BCUT2D eigenvalue weighted by molar-refractivity contribution is -0.137. The maximum absolute atomic E-state index is 12.6. The highest BCUT2D eigenvalue weighted by Gasteiger charge is 2.30. The number of nitrogens with zero attached hydrogens (tertiary/aromatic N) is 2. The van der Waals surface area contributed by atoms with Gasteiger partial charge in [-0.3, -0.25) is 4.79 Å². The van der Waals surface area contributed by atoms with Crippen LogP contribution in [0.4, 0.5) is 18.9 Å². The van der Waals surface area contributed by atoms with Crippen LogP contribution in [0.2, 0.25) is 0 Å². The first-order valence-corrected chi connectivity index (χ1v) is 7.91. The van der Waals surface area contributed by atoms with Crippen molar-refractivity contribution in [2.45, 2.75) is 12.3 Å². The molecule has 0 saturated heterocycles. The van der Waals surface area contributed by atoms with Crippen molar-refractivity contribution in [3.05, 3.63) is 50.9 Å². The van der Waals surface area contributed by atoms with E-state index in [2.05, 4.69) is 26.3 Å². The van der Waals surface area contributed by atoms with Gasteiger partial charge in [0.15, 0.2) is 0 Å². The van der Waals surface area contributed by atoms with E-state index in [1.807, 2.05) is 0 Å². The molecule has 0 aliphatic rings. The number of aromatic nitrogens is 2. The number of alkyl halides is 3. The molecule has 1 aromatic carbocycles. The molecule has 1 heterocycles. The average Bonchev–Trinajstić information content (AvgIpc) is 2.57. The van der Waals surface area contributed by atoms with Crippen LogP contribution in [0.3, 0.4) is 0 Å². The fraction of sp³-hybridized carbons (Fsp3) is 0.333. The Morgan fingerprint density at radius 3 is 2.84 bits per heavy atom. The fourth-order valence-electron chi connectivity index (χ4n) is 1.88. The first-order chi connectivity index (χ1) is 11.7. The Bertz CT molecular complexity index is 796. The van der Waals surface area contributed by atoms with Crippen LogP contribution in [0.15, 0.2) is 39.7 Å². The van der Waals surface area contributed by atoms with Gasteiger partial charge in [0.25, 0.3) is 5.56 Å². The van der Waals surface area contributed by atoms with Crippen molar-refractivity contribution in [2.24, 2.45) is 7.05 Å². The van der Waals surface area contributed by atoms with Crippen LogP contribution in [0.5, 0.6) is 5.75 Å². The first-order valence-electron chi connectivity index (χ1n) is 7.12. The van der Waals surface area contributed by atoms with Crippen LogP contribution >= 0.6 is 15.9 Å². The van der Waals surface area contributed by atoms with E-state index in [0.717, 1.165) is 16.8 Å². The summed E-state index contributed by atoms with van der Waals surface area (Å²) in [7, 11) is 1.49. The molecule has 2 aromatic rings. The third-order valence-corrected chi connectivity index (χ3v) is 3.98. The van der Waals surface area contributed by atoms with Crippen molar-refractivity contribution in [3.63, 3.8) is 0 Å². The van der Waals surface area contributed by atoms with Gasteiger partial charge in [0.2, 0.25) is 0 Å². The second-order valence-corrected chi connectivity index (χ2v) is 5.97. The summed E-state index contributed by atoms with van der Waals surface area (Å²) >= 11 is 3.13. The summed E-state index contributed by atoms with van der Waals surface area (Å²) in [5, 5.41) is 16.5. The molecule has 2 N–H and O–H groups in total. The van der Waals surface area contributed by atoms with E-state index < -0.39 is 17.8 Å². The van der Waals surface area contributed by atoms with Gasteiger partial charge < -0.3 is 15.2 Å². The van der Waals surface area contributed by atoms with Crippen molar-refractivity contribution < 1.29 is 23.0 Å². The summed E-state index contributed by atoms with van der Waals surface area (Å²) in [4.78, 5) is 11.7. The number of anilines is 1. The molecule has 25 heavy (non-hydrogen) atoms. The Labute approximate surface area is 149 Å². The molecule has 1 atom stereocenters. The van der Waals surface area contributed by atoms with Crippen molar-refractivity contribution in [1.29, 1.82) is 0 Å². The van der Waals surface area contributed by atoms with Crippen LogP contribution < -0.4 is 15.6 Å². The van der Waals surface area contributed by atoms with Gasteiger partial charge in [0.1, 0.15) is 22.9 Å². The van der Waals surface area contributed by atoms with Gasteiger partial charge in [-0.1, -0.05) is 6.07 Å².